The molecule has 3 aromatic carbocycles. The Kier molecular flexibility index (Phi) is 11.5. The van der Waals surface area contributed by atoms with Gasteiger partial charge in [0.05, 0.1) is 5.70 Å². The summed E-state index contributed by atoms with van der Waals surface area (Å²) in [5, 5.41) is 16.0. The molecule has 9 N–H and O–H groups in total. The summed E-state index contributed by atoms with van der Waals surface area (Å²) in [6, 6.07) is 24.4. The van der Waals surface area contributed by atoms with Crippen LogP contribution in [0, 0.1) is 5.92 Å². The Bertz CT molecular complexity index is 2030. The highest BCUT2D eigenvalue weighted by atomic mass is 16.3. The number of piperidine rings is 3. The first-order valence-electron chi connectivity index (χ1n) is 20.9. The van der Waals surface area contributed by atoms with E-state index < -0.39 is 6.04 Å². The van der Waals surface area contributed by atoms with Crippen LogP contribution in [0.15, 0.2) is 90.4 Å². The molecule has 3 amide bonds. The number of carbonyl (C=O) groups excluding carboxylic acids is 3. The Morgan fingerprint density at radius 1 is 0.810 bits per heavy atom. The fraction of sp³-hybridized carbons (Fsp3) is 0.444. The first-order chi connectivity index (χ1) is 28.1. The van der Waals surface area contributed by atoms with Crippen LogP contribution in [0.4, 0.5) is 11.4 Å². The second kappa shape index (κ2) is 17.0. The number of allylic oxidation sites excluding steroid dienone is 1. The zero-order valence-corrected chi connectivity index (χ0v) is 33.2. The SMILES string of the molecule is NC(N)=C(/C=C(\N)c1ccccc1O)N1CC2CCC(C1)N2c1cccc(CN2CCC(C(=O)N3CCC(c4ccc(NC5CCC(=O)NC5=O)cc4)CC3)CC2)c1. The number of para-hydroxylation sites is 1. The Balaban J connectivity index is 0.803. The highest BCUT2D eigenvalue weighted by Crippen LogP contribution is 2.38. The molecular weight excluding hydrogens is 731 g/mol. The molecule has 8 rings (SSSR count). The summed E-state index contributed by atoms with van der Waals surface area (Å²) in [5.41, 5.74) is 25.2. The maximum absolute atomic E-state index is 13.7. The number of piperazine rings is 1. The molecule has 0 spiro atoms. The van der Waals surface area contributed by atoms with Gasteiger partial charge in [-0.05, 0) is 118 Å². The van der Waals surface area contributed by atoms with E-state index in [4.69, 9.17) is 17.2 Å². The molecule has 3 atom stereocenters. The van der Waals surface area contributed by atoms with Crippen LogP contribution in [-0.2, 0) is 20.9 Å². The smallest absolute Gasteiger partial charge is 0.249 e. The number of hydrogen-bond donors (Lipinski definition) is 6. The summed E-state index contributed by atoms with van der Waals surface area (Å²) in [5.74, 6) is 0.638. The van der Waals surface area contributed by atoms with Gasteiger partial charge < -0.3 is 42.3 Å². The molecule has 3 aromatic rings. The first-order valence-corrected chi connectivity index (χ1v) is 20.9. The number of anilines is 2. The minimum Gasteiger partial charge on any atom is -0.507 e. The second-order valence-electron chi connectivity index (χ2n) is 16.7. The minimum atomic E-state index is -0.395. The van der Waals surface area contributed by atoms with E-state index in [-0.39, 0.29) is 29.3 Å². The number of likely N-dealkylation sites (tertiary alicyclic amines) is 3. The maximum atomic E-state index is 13.7. The molecule has 5 heterocycles. The van der Waals surface area contributed by atoms with E-state index in [9.17, 15) is 19.5 Å². The zero-order valence-electron chi connectivity index (χ0n) is 33.2. The third kappa shape index (κ3) is 8.59. The van der Waals surface area contributed by atoms with Crippen LogP contribution in [0.3, 0.4) is 0 Å². The number of phenols is 1. The highest BCUT2D eigenvalue weighted by molar-refractivity contribution is 6.01. The number of fused-ring (bicyclic) bond motifs is 2. The third-order valence-electron chi connectivity index (χ3n) is 12.9. The van der Waals surface area contributed by atoms with Gasteiger partial charge >= 0.3 is 0 Å². The number of imide groups is 1. The summed E-state index contributed by atoms with van der Waals surface area (Å²) in [6.07, 6.45) is 8.46. The van der Waals surface area contributed by atoms with E-state index in [1.165, 1.54) is 16.8 Å². The lowest BCUT2D eigenvalue weighted by atomic mass is 9.88. The number of benzene rings is 3. The summed E-state index contributed by atoms with van der Waals surface area (Å²) >= 11 is 0. The Hall–Kier alpha value is -5.69. The first kappa shape index (κ1) is 39.2. The summed E-state index contributed by atoms with van der Waals surface area (Å²) < 4.78 is 0. The summed E-state index contributed by atoms with van der Waals surface area (Å²) in [6.45, 7) is 5.80. The van der Waals surface area contributed by atoms with E-state index in [0.717, 1.165) is 90.0 Å². The molecule has 13 heteroatoms. The molecule has 5 aliphatic rings. The Morgan fingerprint density at radius 2 is 1.52 bits per heavy atom. The predicted molar refractivity (Wildman–Crippen MR) is 226 cm³/mol. The molecule has 3 unspecified atom stereocenters. The van der Waals surface area contributed by atoms with Gasteiger partial charge in [-0.3, -0.25) is 24.6 Å². The lowest BCUT2D eigenvalue weighted by Crippen LogP contribution is -2.54. The average Bonchev–Trinajstić information content (AvgIpc) is 3.50. The highest BCUT2D eigenvalue weighted by Gasteiger charge is 2.41. The van der Waals surface area contributed by atoms with Crippen molar-refractivity contribution in [3.63, 3.8) is 0 Å². The van der Waals surface area contributed by atoms with Crippen molar-refractivity contribution in [1.29, 1.82) is 0 Å². The zero-order chi connectivity index (χ0) is 40.3. The maximum Gasteiger partial charge on any atom is 0.249 e. The van der Waals surface area contributed by atoms with Gasteiger partial charge in [0, 0.05) is 79.8 Å². The number of carbonyl (C=O) groups is 3. The number of hydrogen-bond acceptors (Lipinski definition) is 11. The fourth-order valence-electron chi connectivity index (χ4n) is 9.81. The Morgan fingerprint density at radius 3 is 2.19 bits per heavy atom. The van der Waals surface area contributed by atoms with Crippen LogP contribution in [-0.4, -0.2) is 94.9 Å². The molecule has 0 aromatic heterocycles. The molecular formula is C45H57N9O4. The van der Waals surface area contributed by atoms with Crippen LogP contribution >= 0.6 is 0 Å². The third-order valence-corrected chi connectivity index (χ3v) is 12.9. The number of nitrogens with two attached hydrogens (primary N) is 3. The van der Waals surface area contributed by atoms with Gasteiger partial charge in [0.1, 0.15) is 17.6 Å². The van der Waals surface area contributed by atoms with Crippen molar-refractivity contribution < 1.29 is 19.5 Å². The number of rotatable bonds is 10. The standard InChI is InChI=1S/C45H57N9O4/c46-38(37-6-1-2-7-41(37)55)25-40(43(47)48)53-27-35-12-13-36(28-53)54(35)34-5-3-4-29(24-34)26-51-20-16-32(17-21-51)45(58)52-22-18-31(19-23-52)30-8-10-33(11-9-30)49-39-14-15-42(56)50-44(39)57/h1-11,24-25,31-32,35-36,39,49,55H,12-23,26-28,46-48H2,(H,50,56,57)/b38-25-. The quantitative estimate of drug-likeness (QED) is 0.129. The largest absolute Gasteiger partial charge is 0.507 e. The van der Waals surface area contributed by atoms with Gasteiger partial charge in [0.2, 0.25) is 17.7 Å². The molecule has 5 saturated heterocycles. The van der Waals surface area contributed by atoms with Crippen molar-refractivity contribution >= 4 is 34.8 Å². The van der Waals surface area contributed by atoms with Crippen molar-refractivity contribution in [3.8, 4) is 5.75 Å². The van der Waals surface area contributed by atoms with Crippen molar-refractivity contribution in [2.75, 3.05) is 49.5 Å². The van der Waals surface area contributed by atoms with Gasteiger partial charge in [0.15, 0.2) is 0 Å². The van der Waals surface area contributed by atoms with Gasteiger partial charge in [-0.2, -0.15) is 0 Å². The number of phenolic OH excluding ortho intramolecular Hbond substituents is 1. The molecule has 13 nitrogen and oxygen atoms in total. The van der Waals surface area contributed by atoms with Crippen LogP contribution in [0.1, 0.15) is 74.0 Å². The predicted octanol–water partition coefficient (Wildman–Crippen LogP) is 3.97. The number of amides is 3. The van der Waals surface area contributed by atoms with Crippen LogP contribution < -0.4 is 32.7 Å². The van der Waals surface area contributed by atoms with Crippen molar-refractivity contribution in [3.05, 3.63) is 107 Å². The Labute approximate surface area is 340 Å². The normalized spacial score (nSPS) is 23.5. The topological polar surface area (TPSA) is 187 Å². The summed E-state index contributed by atoms with van der Waals surface area (Å²) in [4.78, 5) is 46.7. The van der Waals surface area contributed by atoms with Crippen molar-refractivity contribution in [2.45, 2.75) is 82.0 Å². The lowest BCUT2D eigenvalue weighted by molar-refractivity contribution is -0.138. The molecule has 0 saturated carbocycles. The minimum absolute atomic E-state index is 0.0776. The molecule has 306 valence electrons. The van der Waals surface area contributed by atoms with E-state index in [2.05, 4.69) is 66.6 Å². The molecule has 0 radical (unpaired) electrons. The number of aromatic hydroxyl groups is 1. The van der Waals surface area contributed by atoms with E-state index >= 15 is 0 Å². The van der Waals surface area contributed by atoms with Crippen LogP contribution in [0.5, 0.6) is 5.75 Å². The van der Waals surface area contributed by atoms with Gasteiger partial charge in [-0.25, -0.2) is 0 Å². The molecule has 2 bridgehead atoms. The second-order valence-corrected chi connectivity index (χ2v) is 16.7. The van der Waals surface area contributed by atoms with E-state index in [0.29, 0.717) is 53.7 Å². The molecule has 58 heavy (non-hydrogen) atoms. The van der Waals surface area contributed by atoms with Crippen LogP contribution in [0.2, 0.25) is 0 Å². The number of nitrogens with one attached hydrogen (secondary N) is 2. The van der Waals surface area contributed by atoms with Crippen molar-refractivity contribution in [2.24, 2.45) is 23.1 Å². The lowest BCUT2D eigenvalue weighted by Gasteiger charge is -2.44. The van der Waals surface area contributed by atoms with Gasteiger partial charge in [0.25, 0.3) is 0 Å². The average molecular weight is 788 g/mol. The number of nitrogens with zero attached hydrogens (tertiary/aromatic N) is 4. The van der Waals surface area contributed by atoms with Crippen LogP contribution in [0.25, 0.3) is 5.70 Å². The molecule has 5 aliphatic heterocycles. The molecule has 5 fully saturated rings. The van der Waals surface area contributed by atoms with E-state index in [1.54, 1.807) is 24.3 Å². The van der Waals surface area contributed by atoms with Gasteiger partial charge in [-0.1, -0.05) is 36.4 Å². The van der Waals surface area contributed by atoms with Gasteiger partial charge in [-0.15, -0.1) is 0 Å². The van der Waals surface area contributed by atoms with E-state index in [1.807, 2.05) is 18.2 Å². The monoisotopic (exact) mass is 787 g/mol. The molecule has 0 aliphatic carbocycles. The van der Waals surface area contributed by atoms with Crippen molar-refractivity contribution in [1.82, 2.24) is 20.0 Å². The summed E-state index contributed by atoms with van der Waals surface area (Å²) in [7, 11) is 0. The fourth-order valence-corrected chi connectivity index (χ4v) is 9.81.